The summed E-state index contributed by atoms with van der Waals surface area (Å²) in [7, 11) is 0. The first-order valence-electron chi connectivity index (χ1n) is 9.02. The van der Waals surface area contributed by atoms with Crippen LogP contribution in [0.2, 0.25) is 0 Å². The molecule has 0 bridgehead atoms. The molecule has 4 aromatic rings. The third-order valence-corrected chi connectivity index (χ3v) is 5.61. The number of aromatic nitrogens is 3. The Balaban J connectivity index is 1.37. The van der Waals surface area contributed by atoms with Crippen LogP contribution in [0.15, 0.2) is 71.0 Å². The molecule has 0 atom stereocenters. The number of fused-ring (bicyclic) bond motifs is 2. The number of benzene rings is 2. The Morgan fingerprint density at radius 1 is 1.00 bits per heavy atom. The van der Waals surface area contributed by atoms with Crippen molar-refractivity contribution in [3.05, 3.63) is 66.6 Å². The predicted molar refractivity (Wildman–Crippen MR) is 112 cm³/mol. The predicted octanol–water partition coefficient (Wildman–Crippen LogP) is 4.10. The Morgan fingerprint density at radius 3 is 2.86 bits per heavy atom. The highest BCUT2D eigenvalue weighted by molar-refractivity contribution is 7.99. The van der Waals surface area contributed by atoms with Crippen molar-refractivity contribution in [1.82, 2.24) is 15.0 Å². The number of nitrogen functional groups attached to an aromatic ring is 1. The van der Waals surface area contributed by atoms with Crippen LogP contribution in [0.1, 0.15) is 5.56 Å². The van der Waals surface area contributed by atoms with Crippen molar-refractivity contribution < 1.29 is 9.47 Å². The van der Waals surface area contributed by atoms with Gasteiger partial charge in [0.25, 0.3) is 0 Å². The van der Waals surface area contributed by atoms with Gasteiger partial charge in [-0.25, -0.2) is 9.97 Å². The van der Waals surface area contributed by atoms with Crippen LogP contribution in [0.3, 0.4) is 0 Å². The Labute approximate surface area is 171 Å². The molecule has 0 fully saturated rings. The zero-order valence-electron chi connectivity index (χ0n) is 15.3. The highest BCUT2D eigenvalue weighted by Crippen LogP contribution is 2.36. The monoisotopic (exact) mass is 403 g/mol. The lowest BCUT2D eigenvalue weighted by molar-refractivity contribution is 0.174. The van der Waals surface area contributed by atoms with E-state index in [2.05, 4.69) is 20.3 Å². The number of nitrogens with two attached hydrogens (primary N) is 1. The Morgan fingerprint density at radius 2 is 1.90 bits per heavy atom. The first-order valence-corrected chi connectivity index (χ1v) is 9.84. The van der Waals surface area contributed by atoms with Gasteiger partial charge in [-0.15, -0.1) is 0 Å². The third kappa shape index (κ3) is 3.50. The molecule has 2 aromatic carbocycles. The van der Waals surface area contributed by atoms with Gasteiger partial charge in [0.05, 0.1) is 5.52 Å². The summed E-state index contributed by atoms with van der Waals surface area (Å²) < 4.78 is 10.8. The molecule has 3 N–H and O–H groups in total. The number of nitrogens with zero attached hydrogens (tertiary/aromatic N) is 3. The molecule has 3 heterocycles. The van der Waals surface area contributed by atoms with E-state index in [9.17, 15) is 0 Å². The Bertz CT molecular complexity index is 1200. The van der Waals surface area contributed by atoms with Crippen molar-refractivity contribution in [2.45, 2.75) is 16.5 Å². The van der Waals surface area contributed by atoms with Crippen molar-refractivity contribution in [2.24, 2.45) is 0 Å². The highest BCUT2D eigenvalue weighted by atomic mass is 32.2. The standard InChI is InChI=1S/C21H17N5O2S/c22-18-20(24-10-13-6-7-15-16(9-13)28-12-27-15)25-11-26-21(18)29-17-5-1-3-14-4-2-8-23-19(14)17/h1-9,11H,10,12,22H2,(H,24,25,26). The van der Waals surface area contributed by atoms with Gasteiger partial charge in [0, 0.05) is 23.0 Å². The van der Waals surface area contributed by atoms with E-state index in [4.69, 9.17) is 15.2 Å². The fourth-order valence-electron chi connectivity index (χ4n) is 3.10. The van der Waals surface area contributed by atoms with E-state index in [1.807, 2.05) is 48.5 Å². The van der Waals surface area contributed by atoms with Gasteiger partial charge < -0.3 is 20.5 Å². The van der Waals surface area contributed by atoms with Crippen LogP contribution < -0.4 is 20.5 Å². The molecular formula is C21H17N5O2S. The number of para-hydroxylation sites is 1. The zero-order valence-corrected chi connectivity index (χ0v) is 16.1. The van der Waals surface area contributed by atoms with E-state index < -0.39 is 0 Å². The van der Waals surface area contributed by atoms with Gasteiger partial charge in [-0.3, -0.25) is 4.98 Å². The average molecular weight is 403 g/mol. The van der Waals surface area contributed by atoms with Crippen LogP contribution >= 0.6 is 11.8 Å². The molecule has 1 aliphatic heterocycles. The molecule has 8 heteroatoms. The minimum absolute atomic E-state index is 0.259. The van der Waals surface area contributed by atoms with Gasteiger partial charge in [-0.1, -0.05) is 36.0 Å². The van der Waals surface area contributed by atoms with Gasteiger partial charge >= 0.3 is 0 Å². The van der Waals surface area contributed by atoms with E-state index in [0.29, 0.717) is 23.1 Å². The summed E-state index contributed by atoms with van der Waals surface area (Å²) in [5, 5.41) is 5.04. The first kappa shape index (κ1) is 17.6. The molecule has 0 spiro atoms. The average Bonchev–Trinajstić information content (AvgIpc) is 3.22. The van der Waals surface area contributed by atoms with Gasteiger partial charge in [-0.05, 0) is 29.8 Å². The molecule has 1 aliphatic rings. The van der Waals surface area contributed by atoms with E-state index >= 15 is 0 Å². The Hall–Kier alpha value is -3.52. The van der Waals surface area contributed by atoms with Gasteiger partial charge in [-0.2, -0.15) is 0 Å². The molecule has 0 saturated carbocycles. The van der Waals surface area contributed by atoms with Gasteiger partial charge in [0.15, 0.2) is 17.3 Å². The zero-order chi connectivity index (χ0) is 19.6. The van der Waals surface area contributed by atoms with Crippen molar-refractivity contribution >= 4 is 34.2 Å². The van der Waals surface area contributed by atoms with Crippen LogP contribution in [-0.2, 0) is 6.54 Å². The summed E-state index contributed by atoms with van der Waals surface area (Å²) in [6.07, 6.45) is 3.30. The summed E-state index contributed by atoms with van der Waals surface area (Å²) in [6, 6.07) is 15.8. The van der Waals surface area contributed by atoms with Crippen molar-refractivity contribution in [1.29, 1.82) is 0 Å². The number of anilines is 2. The highest BCUT2D eigenvalue weighted by Gasteiger charge is 2.15. The minimum Gasteiger partial charge on any atom is -0.454 e. The second-order valence-corrected chi connectivity index (χ2v) is 7.45. The number of hydrogen-bond acceptors (Lipinski definition) is 8. The second kappa shape index (κ2) is 7.48. The molecule has 29 heavy (non-hydrogen) atoms. The SMILES string of the molecule is Nc1c(NCc2ccc3c(c2)OCO3)ncnc1Sc1cccc2cccnc12. The maximum atomic E-state index is 6.36. The van der Waals surface area contributed by atoms with Crippen LogP contribution in [0.4, 0.5) is 11.5 Å². The summed E-state index contributed by atoms with van der Waals surface area (Å²) in [6.45, 7) is 0.812. The van der Waals surface area contributed by atoms with E-state index in [0.717, 1.165) is 32.9 Å². The summed E-state index contributed by atoms with van der Waals surface area (Å²) in [5.74, 6) is 2.10. The fourth-order valence-corrected chi connectivity index (χ4v) is 4.03. The second-order valence-electron chi connectivity index (χ2n) is 6.42. The molecule has 0 aliphatic carbocycles. The lowest BCUT2D eigenvalue weighted by Crippen LogP contribution is -2.06. The van der Waals surface area contributed by atoms with Crippen LogP contribution in [-0.4, -0.2) is 21.7 Å². The molecule has 0 unspecified atom stereocenters. The maximum absolute atomic E-state index is 6.36. The number of rotatable bonds is 5. The van der Waals surface area contributed by atoms with Crippen molar-refractivity contribution in [2.75, 3.05) is 17.8 Å². The quantitative estimate of drug-likeness (QED) is 0.481. The lowest BCUT2D eigenvalue weighted by Gasteiger charge is -2.12. The molecule has 5 rings (SSSR count). The van der Waals surface area contributed by atoms with Crippen molar-refractivity contribution in [3.63, 3.8) is 0 Å². The normalized spacial score (nSPS) is 12.3. The molecule has 144 valence electrons. The van der Waals surface area contributed by atoms with Gasteiger partial charge in [0.2, 0.25) is 6.79 Å². The molecule has 2 aromatic heterocycles. The smallest absolute Gasteiger partial charge is 0.231 e. The third-order valence-electron chi connectivity index (χ3n) is 4.55. The lowest BCUT2D eigenvalue weighted by atomic mass is 10.2. The van der Waals surface area contributed by atoms with Crippen LogP contribution in [0.5, 0.6) is 11.5 Å². The topological polar surface area (TPSA) is 95.2 Å². The summed E-state index contributed by atoms with van der Waals surface area (Å²) in [5.41, 5.74) is 8.83. The summed E-state index contributed by atoms with van der Waals surface area (Å²) in [4.78, 5) is 14.2. The molecule has 0 saturated heterocycles. The van der Waals surface area contributed by atoms with E-state index in [1.54, 1.807) is 6.20 Å². The van der Waals surface area contributed by atoms with Gasteiger partial charge in [0.1, 0.15) is 17.0 Å². The van der Waals surface area contributed by atoms with E-state index in [-0.39, 0.29) is 6.79 Å². The van der Waals surface area contributed by atoms with Crippen molar-refractivity contribution in [3.8, 4) is 11.5 Å². The number of pyridine rings is 1. The molecule has 0 radical (unpaired) electrons. The molecule has 0 amide bonds. The largest absolute Gasteiger partial charge is 0.454 e. The van der Waals surface area contributed by atoms with Crippen LogP contribution in [0, 0.1) is 0 Å². The Kier molecular flexibility index (Phi) is 4.53. The fraction of sp³-hybridized carbons (Fsp3) is 0.0952. The number of hydrogen-bond donors (Lipinski definition) is 2. The molecular weight excluding hydrogens is 386 g/mol. The maximum Gasteiger partial charge on any atom is 0.231 e. The number of ether oxygens (including phenoxy) is 2. The summed E-state index contributed by atoms with van der Waals surface area (Å²) >= 11 is 1.48. The first-order chi connectivity index (χ1) is 14.3. The van der Waals surface area contributed by atoms with Crippen LogP contribution in [0.25, 0.3) is 10.9 Å². The minimum atomic E-state index is 0.259. The number of nitrogens with one attached hydrogen (secondary N) is 1. The van der Waals surface area contributed by atoms with E-state index in [1.165, 1.54) is 18.1 Å². The molecule has 7 nitrogen and oxygen atoms in total.